The number of aromatic hydroxyl groups is 1. The molecular weight excluding hydrogens is 178 g/mol. The van der Waals surface area contributed by atoms with Gasteiger partial charge in [0.15, 0.2) is 5.78 Å². The Hall–Kier alpha value is -1.22. The van der Waals surface area contributed by atoms with E-state index in [0.29, 0.717) is 5.69 Å². The van der Waals surface area contributed by atoms with Crippen LogP contribution in [0.15, 0.2) is 18.2 Å². The van der Waals surface area contributed by atoms with Crippen LogP contribution in [0.25, 0.3) is 0 Å². The summed E-state index contributed by atoms with van der Waals surface area (Å²) in [5.74, 6) is -0.577. The van der Waals surface area contributed by atoms with Gasteiger partial charge in [-0.15, -0.1) is 11.6 Å². The molecule has 0 bridgehead atoms. The summed E-state index contributed by atoms with van der Waals surface area (Å²) in [7, 11) is 0. The lowest BCUT2D eigenvalue weighted by Crippen LogP contribution is -2.00. The zero-order valence-corrected chi connectivity index (χ0v) is 7.01. The molecule has 1 aromatic carbocycles. The highest BCUT2D eigenvalue weighted by Gasteiger charge is 2.08. The van der Waals surface area contributed by atoms with Crippen LogP contribution < -0.4 is 5.73 Å². The van der Waals surface area contributed by atoms with Crippen molar-refractivity contribution in [1.82, 2.24) is 0 Å². The molecule has 0 spiro atoms. The summed E-state index contributed by atoms with van der Waals surface area (Å²) < 4.78 is 0. The quantitative estimate of drug-likeness (QED) is 0.416. The number of hydrogen-bond acceptors (Lipinski definition) is 3. The molecule has 0 radical (unpaired) electrons. The van der Waals surface area contributed by atoms with E-state index in [9.17, 15) is 9.90 Å². The van der Waals surface area contributed by atoms with Gasteiger partial charge >= 0.3 is 0 Å². The molecule has 1 rings (SSSR count). The molecule has 4 heteroatoms. The summed E-state index contributed by atoms with van der Waals surface area (Å²) >= 11 is 5.31. The molecular formula is C8H8ClNO2. The Bertz CT molecular complexity index is 312. The Kier molecular flexibility index (Phi) is 2.55. The van der Waals surface area contributed by atoms with E-state index in [0.717, 1.165) is 0 Å². The third kappa shape index (κ3) is 1.68. The first-order valence-electron chi connectivity index (χ1n) is 3.33. The predicted molar refractivity (Wildman–Crippen MR) is 47.6 cm³/mol. The molecule has 0 aliphatic heterocycles. The van der Waals surface area contributed by atoms with Crippen molar-refractivity contribution in [1.29, 1.82) is 0 Å². The van der Waals surface area contributed by atoms with Crippen molar-refractivity contribution in [2.24, 2.45) is 0 Å². The van der Waals surface area contributed by atoms with Crippen molar-refractivity contribution in [3.8, 4) is 5.75 Å². The van der Waals surface area contributed by atoms with Crippen LogP contribution >= 0.6 is 11.6 Å². The zero-order chi connectivity index (χ0) is 9.14. The van der Waals surface area contributed by atoms with E-state index in [1.54, 1.807) is 6.07 Å². The highest BCUT2D eigenvalue weighted by Crippen LogP contribution is 2.20. The molecule has 0 atom stereocenters. The van der Waals surface area contributed by atoms with Crippen LogP contribution in [-0.2, 0) is 0 Å². The van der Waals surface area contributed by atoms with Gasteiger partial charge in [-0.2, -0.15) is 0 Å². The van der Waals surface area contributed by atoms with Gasteiger partial charge in [0.05, 0.1) is 11.4 Å². The van der Waals surface area contributed by atoms with Gasteiger partial charge in [-0.05, 0) is 12.1 Å². The Labute approximate surface area is 74.8 Å². The Balaban J connectivity index is 3.09. The van der Waals surface area contributed by atoms with Gasteiger partial charge in [0, 0.05) is 11.8 Å². The first-order chi connectivity index (χ1) is 5.65. The summed E-state index contributed by atoms with van der Waals surface area (Å²) in [6.45, 7) is 0. The van der Waals surface area contributed by atoms with Crippen molar-refractivity contribution in [3.63, 3.8) is 0 Å². The van der Waals surface area contributed by atoms with Gasteiger partial charge in [0.25, 0.3) is 0 Å². The number of Topliss-reactive ketones (excluding diaryl/α,β-unsaturated/α-hetero) is 1. The largest absolute Gasteiger partial charge is 0.507 e. The van der Waals surface area contributed by atoms with Gasteiger partial charge in [-0.3, -0.25) is 4.79 Å². The maximum absolute atomic E-state index is 11.0. The fourth-order valence-corrected chi connectivity index (χ4v) is 1.00. The fourth-order valence-electron chi connectivity index (χ4n) is 0.856. The first-order valence-corrected chi connectivity index (χ1v) is 3.86. The van der Waals surface area contributed by atoms with Gasteiger partial charge in [-0.25, -0.2) is 0 Å². The zero-order valence-electron chi connectivity index (χ0n) is 6.25. The number of nitrogens with two attached hydrogens (primary N) is 1. The molecule has 0 amide bonds. The third-order valence-electron chi connectivity index (χ3n) is 1.44. The average molecular weight is 186 g/mol. The van der Waals surface area contributed by atoms with Crippen molar-refractivity contribution < 1.29 is 9.90 Å². The van der Waals surface area contributed by atoms with Crippen molar-refractivity contribution in [2.45, 2.75) is 0 Å². The molecule has 0 fully saturated rings. The normalized spacial score (nSPS) is 9.75. The average Bonchev–Trinajstić information content (AvgIpc) is 2.03. The van der Waals surface area contributed by atoms with Crippen molar-refractivity contribution in [2.75, 3.05) is 11.6 Å². The molecule has 0 aromatic heterocycles. The molecule has 0 saturated carbocycles. The molecule has 12 heavy (non-hydrogen) atoms. The lowest BCUT2D eigenvalue weighted by Gasteiger charge is -2.01. The number of benzene rings is 1. The second kappa shape index (κ2) is 3.45. The van der Waals surface area contributed by atoms with Crippen LogP contribution in [-0.4, -0.2) is 16.8 Å². The number of carbonyl (C=O) groups excluding carboxylic acids is 1. The van der Waals surface area contributed by atoms with E-state index >= 15 is 0 Å². The summed E-state index contributed by atoms with van der Waals surface area (Å²) in [5, 5.41) is 9.23. The van der Waals surface area contributed by atoms with Crippen LogP contribution in [0.4, 0.5) is 5.69 Å². The molecule has 3 N–H and O–H groups in total. The van der Waals surface area contributed by atoms with Crippen molar-refractivity contribution in [3.05, 3.63) is 23.8 Å². The maximum atomic E-state index is 11.0. The summed E-state index contributed by atoms with van der Waals surface area (Å²) in [4.78, 5) is 11.0. The number of halogens is 1. The maximum Gasteiger partial charge on any atom is 0.181 e. The number of anilines is 1. The number of hydrogen-bond donors (Lipinski definition) is 2. The van der Waals surface area contributed by atoms with Crippen LogP contribution in [0, 0.1) is 0 Å². The molecule has 0 unspecified atom stereocenters. The molecule has 0 aliphatic carbocycles. The molecule has 0 aliphatic rings. The van der Waals surface area contributed by atoms with E-state index < -0.39 is 0 Å². The number of nitrogen functional groups attached to an aromatic ring is 1. The summed E-state index contributed by atoms with van der Waals surface area (Å²) in [6.07, 6.45) is 0. The van der Waals surface area contributed by atoms with E-state index in [2.05, 4.69) is 0 Å². The van der Waals surface area contributed by atoms with Gasteiger partial charge in [0.1, 0.15) is 5.75 Å². The Morgan fingerprint density at radius 1 is 1.58 bits per heavy atom. The number of carbonyl (C=O) groups is 1. The molecule has 0 saturated heterocycles. The minimum Gasteiger partial charge on any atom is -0.507 e. The van der Waals surface area contributed by atoms with Crippen LogP contribution in [0.3, 0.4) is 0 Å². The predicted octanol–water partition coefficient (Wildman–Crippen LogP) is 1.40. The van der Waals surface area contributed by atoms with Crippen LogP contribution in [0.2, 0.25) is 0 Å². The van der Waals surface area contributed by atoms with Crippen LogP contribution in [0.5, 0.6) is 5.75 Å². The van der Waals surface area contributed by atoms with Crippen molar-refractivity contribution >= 4 is 23.1 Å². The monoisotopic (exact) mass is 185 g/mol. The topological polar surface area (TPSA) is 63.3 Å². The van der Waals surface area contributed by atoms with E-state index in [4.69, 9.17) is 17.3 Å². The lowest BCUT2D eigenvalue weighted by molar-refractivity contribution is 0.101. The molecule has 3 nitrogen and oxygen atoms in total. The minimum atomic E-state index is -0.311. The standard InChI is InChI=1S/C8H8ClNO2/c9-4-8(12)6-2-1-5(10)3-7(6)11/h1-3,11H,4,10H2. The molecule has 64 valence electrons. The van der Waals surface area contributed by atoms with E-state index in [1.165, 1.54) is 12.1 Å². The minimum absolute atomic E-state index is 0.124. The number of ketones is 1. The van der Waals surface area contributed by atoms with Gasteiger partial charge in [0.2, 0.25) is 0 Å². The second-order valence-electron chi connectivity index (χ2n) is 2.33. The van der Waals surface area contributed by atoms with Gasteiger partial charge < -0.3 is 10.8 Å². The smallest absolute Gasteiger partial charge is 0.181 e. The van der Waals surface area contributed by atoms with E-state index in [1.807, 2.05) is 0 Å². The number of alkyl halides is 1. The van der Waals surface area contributed by atoms with E-state index in [-0.39, 0.29) is 23.0 Å². The van der Waals surface area contributed by atoms with Crippen LogP contribution in [0.1, 0.15) is 10.4 Å². The SMILES string of the molecule is Nc1ccc(C(=O)CCl)c(O)c1. The summed E-state index contributed by atoms with van der Waals surface area (Å²) in [5.41, 5.74) is 5.99. The lowest BCUT2D eigenvalue weighted by atomic mass is 10.1. The highest BCUT2D eigenvalue weighted by atomic mass is 35.5. The number of rotatable bonds is 2. The van der Waals surface area contributed by atoms with Gasteiger partial charge in [-0.1, -0.05) is 0 Å². The Morgan fingerprint density at radius 2 is 2.25 bits per heavy atom. The number of phenols is 1. The third-order valence-corrected chi connectivity index (χ3v) is 1.69. The Morgan fingerprint density at radius 3 is 2.75 bits per heavy atom. The highest BCUT2D eigenvalue weighted by molar-refractivity contribution is 6.30. The summed E-state index contributed by atoms with van der Waals surface area (Å²) in [6, 6.07) is 4.31. The number of phenolic OH excluding ortho intramolecular Hbond substituents is 1. The molecule has 0 heterocycles. The fraction of sp³-hybridized carbons (Fsp3) is 0.125. The second-order valence-corrected chi connectivity index (χ2v) is 2.60. The first kappa shape index (κ1) is 8.87. The molecule has 1 aromatic rings.